The van der Waals surface area contributed by atoms with Crippen LogP contribution < -0.4 is 16.0 Å². The van der Waals surface area contributed by atoms with Crippen LogP contribution in [0.1, 0.15) is 29.5 Å². The summed E-state index contributed by atoms with van der Waals surface area (Å²) in [5.41, 5.74) is 7.90. The second kappa shape index (κ2) is 7.54. The normalized spacial score (nSPS) is 16.5. The number of nitrogens with zero attached hydrogens (tertiary/aromatic N) is 2. The molecule has 1 aliphatic heterocycles. The van der Waals surface area contributed by atoms with Crippen LogP contribution in [0.15, 0.2) is 42.6 Å². The number of hydrogen-bond donors (Lipinski definition) is 3. The smallest absolute Gasteiger partial charge is 0.414 e. The average Bonchev–Trinajstić information content (AvgIpc) is 3.06. The van der Waals surface area contributed by atoms with Crippen molar-refractivity contribution in [1.29, 1.82) is 5.41 Å². The molecule has 150 valence electrons. The molecule has 0 radical (unpaired) electrons. The van der Waals surface area contributed by atoms with Gasteiger partial charge < -0.3 is 15.4 Å². The number of pyridine rings is 1. The first-order valence-electron chi connectivity index (χ1n) is 9.43. The summed E-state index contributed by atoms with van der Waals surface area (Å²) in [5.74, 6) is -0.764. The SMILES string of the molecule is N=C(N)NC(=O)OCc1ccnc(N2CCC3(C=Cc4ccccc43)CC2)c1F. The van der Waals surface area contributed by atoms with E-state index in [4.69, 9.17) is 15.9 Å². The van der Waals surface area contributed by atoms with Crippen LogP contribution in [0.5, 0.6) is 0 Å². The monoisotopic (exact) mass is 395 g/mol. The Bertz CT molecular complexity index is 983. The molecule has 0 bridgehead atoms. The minimum absolute atomic E-state index is 0.00900. The fraction of sp³-hybridized carbons (Fsp3) is 0.286. The number of amides is 1. The van der Waals surface area contributed by atoms with Crippen molar-refractivity contribution in [3.8, 4) is 0 Å². The molecule has 4 N–H and O–H groups in total. The molecule has 0 unspecified atom stereocenters. The minimum atomic E-state index is -0.901. The van der Waals surface area contributed by atoms with E-state index in [-0.39, 0.29) is 23.4 Å². The Kier molecular flexibility index (Phi) is 4.92. The van der Waals surface area contributed by atoms with Crippen LogP contribution in [0.3, 0.4) is 0 Å². The second-order valence-corrected chi connectivity index (χ2v) is 7.29. The molecule has 1 amide bonds. The van der Waals surface area contributed by atoms with E-state index in [0.717, 1.165) is 12.8 Å². The number of nitrogens with one attached hydrogen (secondary N) is 2. The molecule has 1 fully saturated rings. The maximum absolute atomic E-state index is 15.0. The van der Waals surface area contributed by atoms with Gasteiger partial charge in [-0.3, -0.25) is 10.7 Å². The lowest BCUT2D eigenvalue weighted by Gasteiger charge is -2.40. The Labute approximate surface area is 167 Å². The van der Waals surface area contributed by atoms with E-state index < -0.39 is 17.9 Å². The quantitative estimate of drug-likeness (QED) is 0.548. The topological polar surface area (TPSA) is 104 Å². The molecule has 1 aromatic carbocycles. The first kappa shape index (κ1) is 18.9. The highest BCUT2D eigenvalue weighted by Crippen LogP contribution is 2.44. The number of nitrogens with two attached hydrogens (primary N) is 1. The van der Waals surface area contributed by atoms with Crippen LogP contribution >= 0.6 is 0 Å². The molecule has 0 saturated carbocycles. The Morgan fingerprint density at radius 2 is 2.07 bits per heavy atom. The van der Waals surface area contributed by atoms with E-state index in [1.807, 2.05) is 16.3 Å². The van der Waals surface area contributed by atoms with Gasteiger partial charge in [-0.15, -0.1) is 0 Å². The van der Waals surface area contributed by atoms with Gasteiger partial charge in [0.15, 0.2) is 17.6 Å². The van der Waals surface area contributed by atoms with Crippen LogP contribution in [-0.4, -0.2) is 30.1 Å². The molecule has 29 heavy (non-hydrogen) atoms. The summed E-state index contributed by atoms with van der Waals surface area (Å²) in [7, 11) is 0. The van der Waals surface area contributed by atoms with E-state index in [2.05, 4.69) is 35.3 Å². The number of anilines is 1. The van der Waals surface area contributed by atoms with Gasteiger partial charge in [-0.2, -0.15) is 0 Å². The van der Waals surface area contributed by atoms with Crippen LogP contribution in [0.2, 0.25) is 0 Å². The lowest BCUT2D eigenvalue weighted by Crippen LogP contribution is -2.42. The Hall–Kier alpha value is -3.42. The van der Waals surface area contributed by atoms with Gasteiger partial charge in [-0.05, 0) is 30.0 Å². The second-order valence-electron chi connectivity index (χ2n) is 7.29. The number of halogens is 1. The standard InChI is InChI=1S/C21H22FN5O2/c22-17-15(13-29-20(28)26-19(23)24)6-10-25-18(17)27-11-8-21(9-12-27)7-5-14-3-1-2-4-16(14)21/h1-7,10H,8-9,11-13H2,(H4,23,24,26,28). The predicted molar refractivity (Wildman–Crippen MR) is 108 cm³/mol. The van der Waals surface area contributed by atoms with Crippen LogP contribution in [0, 0.1) is 11.2 Å². The number of guanidine groups is 1. The van der Waals surface area contributed by atoms with Crippen molar-refractivity contribution in [2.24, 2.45) is 5.73 Å². The van der Waals surface area contributed by atoms with Crippen LogP contribution in [0.25, 0.3) is 6.08 Å². The van der Waals surface area contributed by atoms with E-state index in [9.17, 15) is 9.18 Å². The minimum Gasteiger partial charge on any atom is -0.444 e. The molecular formula is C21H22FN5O2. The molecule has 2 aromatic rings. The highest BCUT2D eigenvalue weighted by atomic mass is 19.1. The molecule has 7 nitrogen and oxygen atoms in total. The largest absolute Gasteiger partial charge is 0.444 e. The summed E-state index contributed by atoms with van der Waals surface area (Å²) in [5, 5.41) is 8.99. The summed E-state index contributed by atoms with van der Waals surface area (Å²) < 4.78 is 19.9. The molecule has 1 saturated heterocycles. The van der Waals surface area contributed by atoms with Gasteiger partial charge in [0.25, 0.3) is 0 Å². The number of rotatable bonds is 3. The van der Waals surface area contributed by atoms with Gasteiger partial charge >= 0.3 is 6.09 Å². The Morgan fingerprint density at radius 3 is 2.83 bits per heavy atom. The fourth-order valence-electron chi connectivity index (χ4n) is 4.08. The van der Waals surface area contributed by atoms with Crippen molar-refractivity contribution >= 4 is 23.9 Å². The number of carbonyl (C=O) groups excluding carboxylic acids is 1. The summed E-state index contributed by atoms with van der Waals surface area (Å²) >= 11 is 0. The zero-order valence-electron chi connectivity index (χ0n) is 15.8. The van der Waals surface area contributed by atoms with Gasteiger partial charge in [0, 0.05) is 30.3 Å². The lowest BCUT2D eigenvalue weighted by molar-refractivity contribution is 0.143. The summed E-state index contributed by atoms with van der Waals surface area (Å²) in [6, 6.07) is 9.88. The first-order valence-corrected chi connectivity index (χ1v) is 9.43. The van der Waals surface area contributed by atoms with Gasteiger partial charge in [0.2, 0.25) is 0 Å². The van der Waals surface area contributed by atoms with Crippen molar-refractivity contribution < 1.29 is 13.9 Å². The summed E-state index contributed by atoms with van der Waals surface area (Å²) in [6.07, 6.45) is 6.81. The zero-order valence-corrected chi connectivity index (χ0v) is 15.8. The maximum Gasteiger partial charge on any atom is 0.414 e. The van der Waals surface area contributed by atoms with E-state index in [1.165, 1.54) is 23.4 Å². The number of benzene rings is 1. The van der Waals surface area contributed by atoms with E-state index >= 15 is 0 Å². The number of allylic oxidation sites excluding steroid dienone is 1. The van der Waals surface area contributed by atoms with Crippen molar-refractivity contribution in [2.75, 3.05) is 18.0 Å². The Balaban J connectivity index is 1.45. The Morgan fingerprint density at radius 1 is 1.31 bits per heavy atom. The van der Waals surface area contributed by atoms with E-state index in [1.54, 1.807) is 0 Å². The number of alkyl carbamates (subject to hydrolysis) is 1. The molecule has 2 aliphatic rings. The van der Waals surface area contributed by atoms with Gasteiger partial charge in [0.05, 0.1) is 0 Å². The van der Waals surface area contributed by atoms with Crippen LogP contribution in [0.4, 0.5) is 15.0 Å². The molecule has 0 atom stereocenters. The van der Waals surface area contributed by atoms with Crippen molar-refractivity contribution in [1.82, 2.24) is 10.3 Å². The number of fused-ring (bicyclic) bond motifs is 2. The molecule has 4 rings (SSSR count). The maximum atomic E-state index is 15.0. The molecule has 8 heteroatoms. The van der Waals surface area contributed by atoms with Gasteiger partial charge in [-0.25, -0.2) is 14.2 Å². The molecular weight excluding hydrogens is 373 g/mol. The average molecular weight is 395 g/mol. The molecule has 1 spiro atoms. The molecule has 2 heterocycles. The third kappa shape index (κ3) is 3.65. The van der Waals surface area contributed by atoms with E-state index in [0.29, 0.717) is 13.1 Å². The number of ether oxygens (including phenoxy) is 1. The zero-order chi connectivity index (χ0) is 20.4. The predicted octanol–water partition coefficient (Wildman–Crippen LogP) is 2.91. The number of hydrogen-bond acceptors (Lipinski definition) is 5. The highest BCUT2D eigenvalue weighted by Gasteiger charge is 2.38. The van der Waals surface area contributed by atoms with Crippen molar-refractivity contribution in [3.63, 3.8) is 0 Å². The van der Waals surface area contributed by atoms with Crippen molar-refractivity contribution in [2.45, 2.75) is 24.9 Å². The third-order valence-electron chi connectivity index (χ3n) is 5.58. The fourth-order valence-corrected chi connectivity index (χ4v) is 4.08. The highest BCUT2D eigenvalue weighted by molar-refractivity contribution is 5.90. The van der Waals surface area contributed by atoms with Gasteiger partial charge in [0.1, 0.15) is 6.61 Å². The van der Waals surface area contributed by atoms with Crippen LogP contribution in [-0.2, 0) is 16.8 Å². The summed E-state index contributed by atoms with van der Waals surface area (Å²) in [4.78, 5) is 17.6. The number of piperidine rings is 1. The first-order chi connectivity index (χ1) is 14.0. The number of aromatic nitrogens is 1. The lowest BCUT2D eigenvalue weighted by atomic mass is 9.74. The molecule has 1 aromatic heterocycles. The molecule has 1 aliphatic carbocycles. The number of carbonyl (C=O) groups is 1. The van der Waals surface area contributed by atoms with Crippen molar-refractivity contribution in [3.05, 3.63) is 65.1 Å². The summed E-state index contributed by atoms with van der Waals surface area (Å²) in [6.45, 7) is 1.09. The third-order valence-corrected chi connectivity index (χ3v) is 5.58. The van der Waals surface area contributed by atoms with Gasteiger partial charge in [-0.1, -0.05) is 36.4 Å².